The Labute approximate surface area is 141 Å². The van der Waals surface area contributed by atoms with Gasteiger partial charge in [0, 0.05) is 36.6 Å². The van der Waals surface area contributed by atoms with E-state index in [2.05, 4.69) is 9.72 Å². The van der Waals surface area contributed by atoms with E-state index >= 15 is 0 Å². The van der Waals surface area contributed by atoms with E-state index in [0.29, 0.717) is 5.56 Å². The minimum absolute atomic E-state index is 0.391. The molecule has 0 aliphatic carbocycles. The second kappa shape index (κ2) is 9.39. The maximum Gasteiger partial charge on any atom is 0.254 e. The van der Waals surface area contributed by atoms with Crippen LogP contribution < -0.4 is 14.9 Å². The van der Waals surface area contributed by atoms with Crippen molar-refractivity contribution in [2.24, 2.45) is 10.9 Å². The van der Waals surface area contributed by atoms with Gasteiger partial charge in [0.25, 0.3) is 5.91 Å². The SMILES string of the molecule is NC(=O)c1ccc[n+](CCCCCC[n+]2ccc(/C=N/O)cc2)c1. The molecule has 0 aliphatic heterocycles. The number of carbonyl (C=O) groups excluding carboxylic acids is 1. The summed E-state index contributed by atoms with van der Waals surface area (Å²) in [7, 11) is 0. The van der Waals surface area contributed by atoms with Crippen molar-refractivity contribution in [1.82, 2.24) is 0 Å². The van der Waals surface area contributed by atoms with Gasteiger partial charge < -0.3 is 10.9 Å². The van der Waals surface area contributed by atoms with Crippen molar-refractivity contribution in [1.29, 1.82) is 0 Å². The molecule has 2 aromatic rings. The molecule has 2 aromatic heterocycles. The molecule has 3 N–H and O–H groups in total. The molecule has 0 spiro atoms. The Morgan fingerprint density at radius 3 is 2.33 bits per heavy atom. The fourth-order valence-corrected chi connectivity index (χ4v) is 2.52. The fourth-order valence-electron chi connectivity index (χ4n) is 2.52. The summed E-state index contributed by atoms with van der Waals surface area (Å²) in [5, 5.41) is 11.5. The standard InChI is InChI=1S/C18H22N4O2/c19-18(23)17-6-5-11-22(15-17)10-4-2-1-3-9-21-12-7-16(8-13-21)14-20-24/h5-8,11-15H,1-4,9-10H2,(H-,19,23)/p+2. The van der Waals surface area contributed by atoms with Crippen molar-refractivity contribution in [3.8, 4) is 0 Å². The van der Waals surface area contributed by atoms with Crippen molar-refractivity contribution in [3.63, 3.8) is 0 Å². The van der Waals surface area contributed by atoms with E-state index in [-0.39, 0.29) is 0 Å². The van der Waals surface area contributed by atoms with E-state index in [1.165, 1.54) is 6.21 Å². The van der Waals surface area contributed by atoms with Crippen LogP contribution in [0.2, 0.25) is 0 Å². The molecule has 1 amide bonds. The average Bonchev–Trinajstić information content (AvgIpc) is 2.60. The van der Waals surface area contributed by atoms with Crippen molar-refractivity contribution in [2.45, 2.75) is 38.8 Å². The molecule has 0 saturated heterocycles. The van der Waals surface area contributed by atoms with E-state index in [4.69, 9.17) is 10.9 Å². The number of primary amides is 1. The van der Waals surface area contributed by atoms with Gasteiger partial charge in [0.1, 0.15) is 18.7 Å². The summed E-state index contributed by atoms with van der Waals surface area (Å²) in [6.45, 7) is 1.87. The number of oxime groups is 1. The smallest absolute Gasteiger partial charge is 0.254 e. The number of carbonyl (C=O) groups is 1. The summed E-state index contributed by atoms with van der Waals surface area (Å²) < 4.78 is 4.13. The molecule has 0 fully saturated rings. The molecule has 0 aromatic carbocycles. The first-order valence-corrected chi connectivity index (χ1v) is 8.14. The molecular weight excluding hydrogens is 304 g/mol. The van der Waals surface area contributed by atoms with Crippen LogP contribution in [0.15, 0.2) is 54.2 Å². The topological polar surface area (TPSA) is 83.4 Å². The Hall–Kier alpha value is -2.76. The number of pyridine rings is 2. The highest BCUT2D eigenvalue weighted by Crippen LogP contribution is 2.01. The first-order valence-electron chi connectivity index (χ1n) is 8.14. The molecule has 0 atom stereocenters. The molecule has 6 nitrogen and oxygen atoms in total. The first-order chi connectivity index (χ1) is 11.7. The molecule has 0 saturated carbocycles. The van der Waals surface area contributed by atoms with Crippen molar-refractivity contribution >= 4 is 12.1 Å². The number of nitrogens with zero attached hydrogens (tertiary/aromatic N) is 3. The number of amides is 1. The van der Waals surface area contributed by atoms with E-state index in [1.54, 1.807) is 12.3 Å². The lowest BCUT2D eigenvalue weighted by atomic mass is 10.2. The minimum Gasteiger partial charge on any atom is -0.411 e. The Kier molecular flexibility index (Phi) is 6.89. The number of aryl methyl sites for hydroxylation is 2. The highest BCUT2D eigenvalue weighted by atomic mass is 16.4. The molecular formula is C18H24N4O2+2. The van der Waals surface area contributed by atoms with Gasteiger partial charge in [-0.2, -0.15) is 0 Å². The highest BCUT2D eigenvalue weighted by Gasteiger charge is 2.07. The second-order valence-electron chi connectivity index (χ2n) is 5.72. The molecule has 0 radical (unpaired) electrons. The molecule has 0 aliphatic rings. The normalized spacial score (nSPS) is 11.0. The van der Waals surface area contributed by atoms with Crippen LogP contribution in [0.5, 0.6) is 0 Å². The summed E-state index contributed by atoms with van der Waals surface area (Å²) in [4.78, 5) is 11.1. The molecule has 24 heavy (non-hydrogen) atoms. The van der Waals surface area contributed by atoms with Crippen molar-refractivity contribution in [3.05, 3.63) is 60.2 Å². The number of nitrogens with two attached hydrogens (primary N) is 1. The van der Waals surface area contributed by atoms with Crippen LogP contribution in [0.1, 0.15) is 41.6 Å². The molecule has 0 unspecified atom stereocenters. The van der Waals surface area contributed by atoms with Gasteiger partial charge in [0.05, 0.1) is 6.21 Å². The van der Waals surface area contributed by atoms with Gasteiger partial charge in [-0.1, -0.05) is 5.16 Å². The Morgan fingerprint density at radius 2 is 1.71 bits per heavy atom. The quantitative estimate of drug-likeness (QED) is 0.240. The lowest BCUT2D eigenvalue weighted by Gasteiger charge is -2.00. The number of unbranched alkanes of at least 4 members (excludes halogenated alkanes) is 3. The predicted molar refractivity (Wildman–Crippen MR) is 89.6 cm³/mol. The summed E-state index contributed by atoms with van der Waals surface area (Å²) in [5.41, 5.74) is 6.71. The maximum absolute atomic E-state index is 11.1. The third-order valence-electron chi connectivity index (χ3n) is 3.85. The number of rotatable bonds is 9. The largest absolute Gasteiger partial charge is 0.411 e. The van der Waals surface area contributed by atoms with Crippen molar-refractivity contribution in [2.75, 3.05) is 0 Å². The summed E-state index contributed by atoms with van der Waals surface area (Å²) in [6, 6.07) is 7.42. The molecule has 2 rings (SSSR count). The first kappa shape index (κ1) is 17.6. The van der Waals surface area contributed by atoms with Gasteiger partial charge in [-0.05, 0) is 18.9 Å². The van der Waals surface area contributed by atoms with Gasteiger partial charge in [-0.25, -0.2) is 9.13 Å². The zero-order chi connectivity index (χ0) is 17.2. The number of hydrogen-bond donors (Lipinski definition) is 2. The van der Waals surface area contributed by atoms with Crippen LogP contribution in [0.4, 0.5) is 0 Å². The Bertz CT molecular complexity index is 684. The molecule has 2 heterocycles. The highest BCUT2D eigenvalue weighted by molar-refractivity contribution is 5.92. The van der Waals surface area contributed by atoms with Crippen LogP contribution >= 0.6 is 0 Å². The third-order valence-corrected chi connectivity index (χ3v) is 3.85. The van der Waals surface area contributed by atoms with Crippen LogP contribution in [0.3, 0.4) is 0 Å². The lowest BCUT2D eigenvalue weighted by molar-refractivity contribution is -0.698. The van der Waals surface area contributed by atoms with Gasteiger partial charge in [-0.15, -0.1) is 0 Å². The van der Waals surface area contributed by atoms with E-state index in [9.17, 15) is 4.79 Å². The second-order valence-corrected chi connectivity index (χ2v) is 5.72. The summed E-state index contributed by atoms with van der Waals surface area (Å²) >= 11 is 0. The number of aromatic nitrogens is 2. The summed E-state index contributed by atoms with van der Waals surface area (Å²) in [6.07, 6.45) is 13.6. The predicted octanol–water partition coefficient (Wildman–Crippen LogP) is 1.43. The van der Waals surface area contributed by atoms with E-state index in [0.717, 1.165) is 44.3 Å². The fraction of sp³-hybridized carbons (Fsp3) is 0.333. The van der Waals surface area contributed by atoms with Gasteiger partial charge >= 0.3 is 0 Å². The average molecular weight is 328 g/mol. The van der Waals surface area contributed by atoms with Crippen LogP contribution in [-0.2, 0) is 13.1 Å². The monoisotopic (exact) mass is 328 g/mol. The van der Waals surface area contributed by atoms with Gasteiger partial charge in [0.2, 0.25) is 0 Å². The van der Waals surface area contributed by atoms with Crippen LogP contribution in [0.25, 0.3) is 0 Å². The lowest BCUT2D eigenvalue weighted by Crippen LogP contribution is -2.34. The molecule has 6 heteroatoms. The van der Waals surface area contributed by atoms with Crippen LogP contribution in [-0.4, -0.2) is 17.3 Å². The Morgan fingerprint density at radius 1 is 1.04 bits per heavy atom. The zero-order valence-electron chi connectivity index (χ0n) is 13.7. The molecule has 0 bridgehead atoms. The van der Waals surface area contributed by atoms with Crippen LogP contribution in [0, 0.1) is 0 Å². The summed E-state index contributed by atoms with van der Waals surface area (Å²) in [5.74, 6) is -0.391. The van der Waals surface area contributed by atoms with E-state index in [1.807, 2.05) is 41.4 Å². The third kappa shape index (κ3) is 5.79. The maximum atomic E-state index is 11.1. The van der Waals surface area contributed by atoms with Crippen molar-refractivity contribution < 1.29 is 19.1 Å². The number of hydrogen-bond acceptors (Lipinski definition) is 3. The Balaban J connectivity index is 1.64. The molecule has 126 valence electrons. The minimum atomic E-state index is -0.391. The van der Waals surface area contributed by atoms with Gasteiger partial charge in [0.15, 0.2) is 24.8 Å². The van der Waals surface area contributed by atoms with Gasteiger partial charge in [-0.3, -0.25) is 4.79 Å². The zero-order valence-corrected chi connectivity index (χ0v) is 13.7. The van der Waals surface area contributed by atoms with E-state index < -0.39 is 5.91 Å².